The Hall–Kier alpha value is -3.25. The van der Waals surface area contributed by atoms with Gasteiger partial charge < -0.3 is 14.6 Å². The summed E-state index contributed by atoms with van der Waals surface area (Å²) in [5.41, 5.74) is 1.07. The van der Waals surface area contributed by atoms with Crippen molar-refractivity contribution in [3.05, 3.63) is 89.8 Å². The molecule has 0 saturated heterocycles. The van der Waals surface area contributed by atoms with Gasteiger partial charge in [0.2, 0.25) is 6.10 Å². The normalized spacial score (nSPS) is 15.0. The molecule has 152 valence electrons. The molecule has 1 heterocycles. The lowest BCUT2D eigenvalue weighted by molar-refractivity contribution is -0.160. The summed E-state index contributed by atoms with van der Waals surface area (Å²) in [7, 11) is 1.45. The van der Waals surface area contributed by atoms with Crippen LogP contribution in [-0.4, -0.2) is 34.3 Å². The summed E-state index contributed by atoms with van der Waals surface area (Å²) in [4.78, 5) is 20.9. The predicted octanol–water partition coefficient (Wildman–Crippen LogP) is 4.16. The number of benzene rings is 1. The van der Waals surface area contributed by atoms with Crippen molar-refractivity contribution < 1.29 is 19.4 Å². The number of allylic oxidation sites excluding steroid dienone is 3. The summed E-state index contributed by atoms with van der Waals surface area (Å²) >= 11 is 0. The Labute approximate surface area is 171 Å². The van der Waals surface area contributed by atoms with E-state index >= 15 is 0 Å². The van der Waals surface area contributed by atoms with E-state index in [0.717, 1.165) is 0 Å². The average Bonchev–Trinajstić information content (AvgIpc) is 2.68. The van der Waals surface area contributed by atoms with Crippen molar-refractivity contribution in [2.75, 3.05) is 7.11 Å². The molecule has 0 aliphatic carbocycles. The van der Waals surface area contributed by atoms with Crippen LogP contribution >= 0.6 is 0 Å². The molecule has 1 N–H and O–H groups in total. The number of carbonyl (C=O) groups is 1. The van der Waals surface area contributed by atoms with Gasteiger partial charge in [-0.05, 0) is 38.0 Å². The highest BCUT2D eigenvalue weighted by Gasteiger charge is 2.50. The summed E-state index contributed by atoms with van der Waals surface area (Å²) in [6, 6.07) is 10.8. The van der Waals surface area contributed by atoms with E-state index in [2.05, 4.69) is 16.5 Å². The number of nitrogens with zero attached hydrogens (tertiary/aromatic N) is 2. The Balaban J connectivity index is 2.75. The summed E-state index contributed by atoms with van der Waals surface area (Å²) in [5.74, 6) is -1.21. The van der Waals surface area contributed by atoms with Gasteiger partial charge in [0.15, 0.2) is 5.60 Å². The number of ether oxygens (including phenoxy) is 2. The highest BCUT2D eigenvalue weighted by Crippen LogP contribution is 2.39. The molecule has 0 spiro atoms. The van der Waals surface area contributed by atoms with Gasteiger partial charge in [-0.15, -0.1) is 0 Å². The van der Waals surface area contributed by atoms with Gasteiger partial charge in [0, 0.05) is 18.5 Å². The van der Waals surface area contributed by atoms with E-state index in [-0.39, 0.29) is 6.01 Å². The third-order valence-corrected chi connectivity index (χ3v) is 4.38. The third kappa shape index (κ3) is 4.78. The Morgan fingerprint density at radius 3 is 2.31 bits per heavy atom. The maximum atomic E-state index is 12.4. The Kier molecular flexibility index (Phi) is 7.45. The van der Waals surface area contributed by atoms with Gasteiger partial charge in [0.1, 0.15) is 0 Å². The minimum atomic E-state index is -1.46. The number of carboxylic acid groups (broad SMARTS) is 1. The SMILES string of the molecule is C=C/C=C(\C=C/C)C(OC)(c1ccccc1)C(Oc1nc(C)cc(C)n1)C(=O)O. The molecule has 29 heavy (non-hydrogen) atoms. The smallest absolute Gasteiger partial charge is 0.348 e. The molecule has 2 rings (SSSR count). The molecule has 0 radical (unpaired) electrons. The number of aliphatic carboxylic acids is 1. The Morgan fingerprint density at radius 1 is 1.21 bits per heavy atom. The van der Waals surface area contributed by atoms with Gasteiger partial charge in [0.25, 0.3) is 0 Å². The molecule has 0 fully saturated rings. The number of aromatic nitrogens is 2. The molecule has 0 saturated carbocycles. The molecular weight excluding hydrogens is 368 g/mol. The molecule has 0 aliphatic heterocycles. The fraction of sp³-hybridized carbons (Fsp3) is 0.261. The zero-order chi connectivity index (χ0) is 21.4. The molecule has 2 atom stereocenters. The van der Waals surface area contributed by atoms with E-state index in [9.17, 15) is 9.90 Å². The first-order valence-electron chi connectivity index (χ1n) is 9.17. The number of aryl methyl sites for hydroxylation is 2. The molecule has 6 heteroatoms. The first-order chi connectivity index (χ1) is 13.9. The van der Waals surface area contributed by atoms with Gasteiger partial charge in [-0.1, -0.05) is 61.2 Å². The van der Waals surface area contributed by atoms with Crippen molar-refractivity contribution in [1.29, 1.82) is 0 Å². The summed E-state index contributed by atoms with van der Waals surface area (Å²) in [5, 5.41) is 10.1. The minimum absolute atomic E-state index is 0.0225. The molecule has 1 aromatic heterocycles. The highest BCUT2D eigenvalue weighted by molar-refractivity contribution is 5.76. The molecule has 2 unspecified atom stereocenters. The van der Waals surface area contributed by atoms with Crippen LogP contribution < -0.4 is 4.74 Å². The Morgan fingerprint density at radius 2 is 1.83 bits per heavy atom. The molecule has 0 amide bonds. The Bertz CT molecular complexity index is 901. The van der Waals surface area contributed by atoms with Gasteiger partial charge in [-0.25, -0.2) is 14.8 Å². The van der Waals surface area contributed by atoms with E-state index in [1.54, 1.807) is 56.4 Å². The van der Waals surface area contributed by atoms with Gasteiger partial charge in [-0.2, -0.15) is 0 Å². The van der Waals surface area contributed by atoms with E-state index in [1.165, 1.54) is 7.11 Å². The van der Waals surface area contributed by atoms with Crippen LogP contribution in [0.1, 0.15) is 23.9 Å². The first-order valence-corrected chi connectivity index (χ1v) is 9.17. The maximum Gasteiger partial charge on any atom is 0.348 e. The highest BCUT2D eigenvalue weighted by atomic mass is 16.6. The summed E-state index contributed by atoms with van der Waals surface area (Å²) in [6.07, 6.45) is 5.41. The number of carboxylic acids is 1. The molecule has 1 aromatic carbocycles. The van der Waals surface area contributed by atoms with Crippen LogP contribution in [0.4, 0.5) is 0 Å². The van der Waals surface area contributed by atoms with E-state index in [0.29, 0.717) is 22.5 Å². The third-order valence-electron chi connectivity index (χ3n) is 4.38. The van der Waals surface area contributed by atoms with Gasteiger partial charge in [0.05, 0.1) is 0 Å². The van der Waals surface area contributed by atoms with Crippen LogP contribution in [0.3, 0.4) is 0 Å². The minimum Gasteiger partial charge on any atom is -0.478 e. The lowest BCUT2D eigenvalue weighted by Gasteiger charge is -2.38. The second-order valence-corrected chi connectivity index (χ2v) is 6.43. The van der Waals surface area contributed by atoms with Gasteiger partial charge in [-0.3, -0.25) is 0 Å². The lowest BCUT2D eigenvalue weighted by atomic mass is 9.80. The quantitative estimate of drug-likeness (QED) is 0.643. The first kappa shape index (κ1) is 22.0. The predicted molar refractivity (Wildman–Crippen MR) is 112 cm³/mol. The van der Waals surface area contributed by atoms with Crippen LogP contribution in [0.15, 0.2) is 72.9 Å². The van der Waals surface area contributed by atoms with Crippen molar-refractivity contribution in [1.82, 2.24) is 9.97 Å². The zero-order valence-electron chi connectivity index (χ0n) is 17.1. The van der Waals surface area contributed by atoms with Gasteiger partial charge >= 0.3 is 12.0 Å². The van der Waals surface area contributed by atoms with E-state index in [4.69, 9.17) is 9.47 Å². The van der Waals surface area contributed by atoms with Crippen LogP contribution in [-0.2, 0) is 15.1 Å². The van der Waals surface area contributed by atoms with Crippen molar-refractivity contribution in [3.8, 4) is 6.01 Å². The lowest BCUT2D eigenvalue weighted by Crippen LogP contribution is -2.51. The number of hydrogen-bond acceptors (Lipinski definition) is 5. The van der Waals surface area contributed by atoms with Crippen molar-refractivity contribution in [2.24, 2.45) is 0 Å². The van der Waals surface area contributed by atoms with E-state index < -0.39 is 17.7 Å². The topological polar surface area (TPSA) is 81.5 Å². The number of methoxy groups -OCH3 is 1. The molecule has 6 nitrogen and oxygen atoms in total. The number of hydrogen-bond donors (Lipinski definition) is 1. The summed E-state index contributed by atoms with van der Waals surface area (Å²) in [6.45, 7) is 9.18. The second-order valence-electron chi connectivity index (χ2n) is 6.43. The fourth-order valence-electron chi connectivity index (χ4n) is 3.27. The van der Waals surface area contributed by atoms with Crippen LogP contribution in [0.2, 0.25) is 0 Å². The van der Waals surface area contributed by atoms with Crippen molar-refractivity contribution in [2.45, 2.75) is 32.5 Å². The summed E-state index contributed by atoms with van der Waals surface area (Å²) < 4.78 is 11.8. The fourth-order valence-corrected chi connectivity index (χ4v) is 3.27. The van der Waals surface area contributed by atoms with Crippen molar-refractivity contribution in [3.63, 3.8) is 0 Å². The second kappa shape index (κ2) is 9.80. The van der Waals surface area contributed by atoms with E-state index in [1.807, 2.05) is 25.1 Å². The zero-order valence-corrected chi connectivity index (χ0v) is 17.1. The van der Waals surface area contributed by atoms with Crippen LogP contribution in [0.25, 0.3) is 0 Å². The molecule has 0 aliphatic rings. The molecule has 0 bridgehead atoms. The maximum absolute atomic E-state index is 12.4. The van der Waals surface area contributed by atoms with Crippen molar-refractivity contribution >= 4 is 5.97 Å². The van der Waals surface area contributed by atoms with Crippen LogP contribution in [0.5, 0.6) is 6.01 Å². The molecule has 2 aromatic rings. The molecular formula is C23H26N2O4. The monoisotopic (exact) mass is 394 g/mol. The largest absolute Gasteiger partial charge is 0.478 e. The average molecular weight is 394 g/mol. The number of rotatable bonds is 9. The van der Waals surface area contributed by atoms with Crippen LogP contribution in [0, 0.1) is 13.8 Å². The standard InChI is InChI=1S/C23H26N2O4/c1-6-11-18(12-7-2)23(28-5,19-13-9-8-10-14-19)20(21(26)27)29-22-24-16(3)15-17(4)25-22/h6-15,20H,1H2,2-5H3,(H,26,27)/b12-7-,18-11+.